The van der Waals surface area contributed by atoms with Crippen LogP contribution in [0.2, 0.25) is 5.15 Å². The molecule has 0 aliphatic rings. The van der Waals surface area contributed by atoms with Gasteiger partial charge in [0.2, 0.25) is 0 Å². The zero-order chi connectivity index (χ0) is 13.7. The lowest BCUT2D eigenvalue weighted by Crippen LogP contribution is -2.22. The molecule has 99 valence electrons. The fraction of sp³-hybridized carbons (Fsp3) is 0.231. The molecule has 2 aromatic heterocycles. The van der Waals surface area contributed by atoms with Crippen LogP contribution in [0.25, 0.3) is 0 Å². The van der Waals surface area contributed by atoms with Crippen LogP contribution in [0.15, 0.2) is 23.7 Å². The Bertz CT molecular complexity index is 571. The Morgan fingerprint density at radius 2 is 2.42 bits per heavy atom. The van der Waals surface area contributed by atoms with E-state index < -0.39 is 0 Å². The highest BCUT2D eigenvalue weighted by Gasteiger charge is 2.10. The number of hydrogen-bond donors (Lipinski definition) is 1. The first-order valence-corrected chi connectivity index (χ1v) is 7.12. The highest BCUT2D eigenvalue weighted by atomic mass is 35.5. The molecule has 1 amide bonds. The number of halogens is 1. The van der Waals surface area contributed by atoms with Crippen molar-refractivity contribution in [3.05, 3.63) is 51.5 Å². The second-order valence-electron chi connectivity index (χ2n) is 3.79. The number of nitrogens with one attached hydrogen (secondary N) is 1. The molecule has 0 unspecified atom stereocenters. The summed E-state index contributed by atoms with van der Waals surface area (Å²) < 4.78 is 0. The number of pyridine rings is 1. The molecule has 1 radical (unpaired) electrons. The van der Waals surface area contributed by atoms with Crippen molar-refractivity contribution in [2.24, 2.45) is 0 Å². The van der Waals surface area contributed by atoms with E-state index in [1.807, 2.05) is 25.5 Å². The Morgan fingerprint density at radius 1 is 1.58 bits per heavy atom. The topological polar surface area (TPSA) is 54.9 Å². The van der Waals surface area contributed by atoms with Gasteiger partial charge in [-0.1, -0.05) is 17.7 Å². The zero-order valence-corrected chi connectivity index (χ0v) is 12.0. The van der Waals surface area contributed by atoms with Crippen molar-refractivity contribution in [1.29, 1.82) is 0 Å². The molecule has 0 atom stereocenters. The minimum Gasteiger partial charge on any atom is -0.351 e. The first-order chi connectivity index (χ1) is 9.20. The molecule has 0 aromatic carbocycles. The summed E-state index contributed by atoms with van der Waals surface area (Å²) in [7, 11) is 0. The number of thiazole rings is 1. The molecular weight excluding hydrogens is 282 g/mol. The third kappa shape index (κ3) is 3.75. The maximum absolute atomic E-state index is 11.6. The van der Waals surface area contributed by atoms with Crippen molar-refractivity contribution in [2.45, 2.75) is 13.3 Å². The van der Waals surface area contributed by atoms with Crippen molar-refractivity contribution in [3.63, 3.8) is 0 Å². The number of carbonyl (C=O) groups is 1. The van der Waals surface area contributed by atoms with Gasteiger partial charge in [-0.05, 0) is 25.0 Å². The SMILES string of the molecule is CCNC(=O)c1csc([CH]Cc2cccnc2Cl)n1. The van der Waals surface area contributed by atoms with E-state index in [2.05, 4.69) is 15.3 Å². The monoisotopic (exact) mass is 294 g/mol. The van der Waals surface area contributed by atoms with Crippen molar-refractivity contribution in [3.8, 4) is 0 Å². The number of nitrogens with zero attached hydrogens (tertiary/aromatic N) is 2. The molecule has 2 rings (SSSR count). The zero-order valence-electron chi connectivity index (χ0n) is 10.4. The molecule has 0 saturated heterocycles. The number of amides is 1. The van der Waals surface area contributed by atoms with Crippen LogP contribution in [0.3, 0.4) is 0 Å². The number of rotatable bonds is 5. The van der Waals surface area contributed by atoms with E-state index in [9.17, 15) is 4.79 Å². The van der Waals surface area contributed by atoms with Crippen molar-refractivity contribution in [2.75, 3.05) is 6.54 Å². The maximum Gasteiger partial charge on any atom is 0.270 e. The fourth-order valence-electron chi connectivity index (χ4n) is 1.51. The molecule has 0 aliphatic heterocycles. The normalized spacial score (nSPS) is 10.4. The molecule has 4 nitrogen and oxygen atoms in total. The van der Waals surface area contributed by atoms with Gasteiger partial charge in [0.1, 0.15) is 10.8 Å². The summed E-state index contributed by atoms with van der Waals surface area (Å²) in [5.41, 5.74) is 1.40. The van der Waals surface area contributed by atoms with Gasteiger partial charge >= 0.3 is 0 Å². The molecule has 0 fully saturated rings. The molecule has 19 heavy (non-hydrogen) atoms. The van der Waals surface area contributed by atoms with E-state index >= 15 is 0 Å². The lowest BCUT2D eigenvalue weighted by Gasteiger charge is -2.00. The molecule has 2 aromatic rings. The summed E-state index contributed by atoms with van der Waals surface area (Å²) in [5, 5.41) is 5.78. The van der Waals surface area contributed by atoms with E-state index in [1.165, 1.54) is 11.3 Å². The molecule has 0 saturated carbocycles. The van der Waals surface area contributed by atoms with E-state index in [0.717, 1.165) is 10.6 Å². The van der Waals surface area contributed by atoms with E-state index in [0.29, 0.717) is 23.8 Å². The number of hydrogen-bond acceptors (Lipinski definition) is 4. The molecule has 6 heteroatoms. The molecule has 0 spiro atoms. The van der Waals surface area contributed by atoms with Gasteiger partial charge in [0.25, 0.3) is 5.91 Å². The Kier molecular flexibility index (Phi) is 4.87. The highest BCUT2D eigenvalue weighted by Crippen LogP contribution is 2.18. The van der Waals surface area contributed by atoms with Crippen LogP contribution in [-0.2, 0) is 6.42 Å². The van der Waals surface area contributed by atoms with E-state index in [-0.39, 0.29) is 5.91 Å². The fourth-order valence-corrected chi connectivity index (χ4v) is 2.42. The first kappa shape index (κ1) is 14.0. The van der Waals surface area contributed by atoms with Gasteiger partial charge in [-0.25, -0.2) is 9.97 Å². The second kappa shape index (κ2) is 6.63. The summed E-state index contributed by atoms with van der Waals surface area (Å²) in [6.07, 6.45) is 4.24. The Balaban J connectivity index is 1.97. The summed E-state index contributed by atoms with van der Waals surface area (Å²) in [5.74, 6) is -0.141. The van der Waals surface area contributed by atoms with Crippen LogP contribution in [0, 0.1) is 6.42 Å². The van der Waals surface area contributed by atoms with Crippen LogP contribution in [0.4, 0.5) is 0 Å². The highest BCUT2D eigenvalue weighted by molar-refractivity contribution is 7.10. The first-order valence-electron chi connectivity index (χ1n) is 5.87. The predicted molar refractivity (Wildman–Crippen MR) is 76.5 cm³/mol. The lowest BCUT2D eigenvalue weighted by atomic mass is 10.2. The van der Waals surface area contributed by atoms with E-state index in [1.54, 1.807) is 11.6 Å². The third-order valence-corrected chi connectivity index (χ3v) is 3.61. The number of aromatic nitrogens is 2. The van der Waals surface area contributed by atoms with Crippen molar-refractivity contribution < 1.29 is 4.79 Å². The maximum atomic E-state index is 11.6. The Morgan fingerprint density at radius 3 is 3.16 bits per heavy atom. The molecule has 1 N–H and O–H groups in total. The van der Waals surface area contributed by atoms with Crippen molar-refractivity contribution in [1.82, 2.24) is 15.3 Å². The predicted octanol–water partition coefficient (Wildman–Crippen LogP) is 2.74. The van der Waals surface area contributed by atoms with Crippen molar-refractivity contribution >= 4 is 28.8 Å². The van der Waals surface area contributed by atoms with E-state index in [4.69, 9.17) is 11.6 Å². The molecule has 2 heterocycles. The summed E-state index contributed by atoms with van der Waals surface area (Å²) in [6.45, 7) is 2.47. The van der Waals surface area contributed by atoms with Crippen LogP contribution < -0.4 is 5.32 Å². The van der Waals surface area contributed by atoms with Gasteiger partial charge in [0.05, 0.1) is 5.01 Å². The smallest absolute Gasteiger partial charge is 0.270 e. The Labute approximate surface area is 120 Å². The largest absolute Gasteiger partial charge is 0.351 e. The minimum atomic E-state index is -0.141. The quantitative estimate of drug-likeness (QED) is 0.863. The van der Waals surface area contributed by atoms with Gasteiger partial charge in [-0.15, -0.1) is 11.3 Å². The van der Waals surface area contributed by atoms with Crippen LogP contribution >= 0.6 is 22.9 Å². The standard InChI is InChI=1S/C13H13ClN3OS/c1-2-15-13(18)10-8-19-11(17-10)6-5-9-4-3-7-16-12(9)14/h3-4,6-8H,2,5H2,1H3,(H,15,18). The second-order valence-corrected chi connectivity index (χ2v) is 5.04. The molecule has 0 aliphatic carbocycles. The average Bonchev–Trinajstić information content (AvgIpc) is 2.87. The summed E-state index contributed by atoms with van der Waals surface area (Å²) in [6, 6.07) is 3.77. The minimum absolute atomic E-state index is 0.141. The van der Waals surface area contributed by atoms with Gasteiger partial charge in [0.15, 0.2) is 0 Å². The molecule has 0 bridgehead atoms. The number of carbonyl (C=O) groups excluding carboxylic acids is 1. The van der Waals surface area contributed by atoms with Crippen LogP contribution in [0.1, 0.15) is 28.0 Å². The van der Waals surface area contributed by atoms with Crippen LogP contribution in [-0.4, -0.2) is 22.4 Å². The van der Waals surface area contributed by atoms with Gasteiger partial charge < -0.3 is 5.32 Å². The van der Waals surface area contributed by atoms with Gasteiger partial charge in [-0.2, -0.15) is 0 Å². The summed E-state index contributed by atoms with van der Waals surface area (Å²) >= 11 is 7.41. The summed E-state index contributed by atoms with van der Waals surface area (Å²) in [4.78, 5) is 19.8. The third-order valence-electron chi connectivity index (χ3n) is 2.42. The Hall–Kier alpha value is -1.46. The van der Waals surface area contributed by atoms with Gasteiger partial charge in [0, 0.05) is 24.5 Å². The lowest BCUT2D eigenvalue weighted by molar-refractivity contribution is 0.0951. The average molecular weight is 295 g/mol. The van der Waals surface area contributed by atoms with Gasteiger partial charge in [-0.3, -0.25) is 4.79 Å². The van der Waals surface area contributed by atoms with Crippen LogP contribution in [0.5, 0.6) is 0 Å². The molecular formula is C13H13ClN3OS.